The summed E-state index contributed by atoms with van der Waals surface area (Å²) in [5.74, 6) is -0.840. The largest absolute Gasteiger partial charge is 0.497 e. The third-order valence-electron chi connectivity index (χ3n) is 5.36. The van der Waals surface area contributed by atoms with Crippen LogP contribution in [0, 0.1) is 0 Å². The summed E-state index contributed by atoms with van der Waals surface area (Å²) in [7, 11) is 1.29. The molecule has 1 heterocycles. The molecule has 1 saturated carbocycles. The molecule has 2 amide bonds. The molecule has 0 atom stereocenters. The molecule has 190 valence electrons. The zero-order chi connectivity index (χ0) is 26.3. The van der Waals surface area contributed by atoms with Crippen molar-refractivity contribution in [2.24, 2.45) is 10.7 Å². The molecule has 0 aliphatic heterocycles. The molecule has 0 bridgehead atoms. The van der Waals surface area contributed by atoms with E-state index in [1.807, 2.05) is 0 Å². The Kier molecular flexibility index (Phi) is 7.97. The second-order valence-corrected chi connectivity index (χ2v) is 7.87. The van der Waals surface area contributed by atoms with Crippen LogP contribution in [0.25, 0.3) is 0 Å². The summed E-state index contributed by atoms with van der Waals surface area (Å²) in [6.07, 6.45) is 1.26. The van der Waals surface area contributed by atoms with Crippen LogP contribution in [0.4, 0.5) is 24.5 Å². The number of aliphatic imine (C=N–C) groups is 1. The Bertz CT molecular complexity index is 1190. The van der Waals surface area contributed by atoms with Crippen molar-refractivity contribution in [2.45, 2.75) is 31.1 Å². The first-order chi connectivity index (χ1) is 17.1. The molecule has 0 radical (unpaired) electrons. The number of aromatic nitrogens is 1. The Hall–Kier alpha value is -4.35. The topological polar surface area (TPSA) is 131 Å². The second kappa shape index (κ2) is 10.9. The van der Waals surface area contributed by atoms with Gasteiger partial charge < -0.3 is 26.4 Å². The van der Waals surface area contributed by atoms with E-state index in [1.54, 1.807) is 12.1 Å². The first-order valence-corrected chi connectivity index (χ1v) is 10.8. The Balaban J connectivity index is 1.60. The van der Waals surface area contributed by atoms with E-state index < -0.39 is 23.2 Å². The lowest BCUT2D eigenvalue weighted by molar-refractivity contribution is -0.137. The lowest BCUT2D eigenvalue weighted by Crippen LogP contribution is -2.49. The number of hydrogen-bond donors (Lipinski definition) is 4. The molecule has 1 fully saturated rings. The Morgan fingerprint density at radius 2 is 2.03 bits per heavy atom. The molecular weight excluding hydrogens is 477 g/mol. The van der Waals surface area contributed by atoms with Crippen molar-refractivity contribution in [2.75, 3.05) is 12.4 Å². The molecule has 9 nitrogen and oxygen atoms in total. The van der Waals surface area contributed by atoms with Gasteiger partial charge in [0.2, 0.25) is 5.91 Å². The van der Waals surface area contributed by atoms with Crippen LogP contribution in [0.1, 0.15) is 24.1 Å². The fraction of sp³-hybridized carbons (Fsp3) is 0.250. The smallest absolute Gasteiger partial charge is 0.418 e. The summed E-state index contributed by atoms with van der Waals surface area (Å²) in [5, 5.41) is 8.09. The standard InChI is InChI=1S/C24H25F3N6O3/c1-3-29-12-15(11-28)21(34)33-23(8-9-23)22(35)31-13-16-4-5-17(14-30-16)32-20-7-6-18(36-2)10-19(20)24(25,26)27/h3-7,10-12,14,32H,1,8-9,13,28H2,2H3,(H,31,35)(H,33,34)/b15-11+,29-12-. The quantitative estimate of drug-likeness (QED) is 0.292. The summed E-state index contributed by atoms with van der Waals surface area (Å²) in [4.78, 5) is 33.0. The number of nitrogens with zero attached hydrogens (tertiary/aromatic N) is 2. The van der Waals surface area contributed by atoms with Gasteiger partial charge in [0, 0.05) is 18.6 Å². The number of alkyl halides is 3. The average Bonchev–Trinajstić information content (AvgIpc) is 3.64. The molecule has 3 rings (SSSR count). The fourth-order valence-electron chi connectivity index (χ4n) is 3.23. The van der Waals surface area contributed by atoms with Crippen LogP contribution in [0.2, 0.25) is 0 Å². The van der Waals surface area contributed by atoms with E-state index >= 15 is 0 Å². The number of carbonyl (C=O) groups excluding carboxylic acids is 2. The number of pyridine rings is 1. The summed E-state index contributed by atoms with van der Waals surface area (Å²) in [6.45, 7) is 3.48. The summed E-state index contributed by atoms with van der Waals surface area (Å²) in [5.41, 5.74) is 4.26. The van der Waals surface area contributed by atoms with Crippen LogP contribution in [0.3, 0.4) is 0 Å². The van der Waals surface area contributed by atoms with E-state index in [2.05, 4.69) is 32.5 Å². The number of ether oxygens (including phenoxy) is 1. The number of hydrogen-bond acceptors (Lipinski definition) is 7. The van der Waals surface area contributed by atoms with Gasteiger partial charge in [0.05, 0.1) is 48.1 Å². The molecule has 5 N–H and O–H groups in total. The van der Waals surface area contributed by atoms with E-state index in [-0.39, 0.29) is 29.5 Å². The molecule has 1 aliphatic rings. The summed E-state index contributed by atoms with van der Waals surface area (Å²) in [6, 6.07) is 6.71. The van der Waals surface area contributed by atoms with Crippen molar-refractivity contribution < 1.29 is 27.5 Å². The number of nitrogens with one attached hydrogen (secondary N) is 3. The predicted molar refractivity (Wildman–Crippen MR) is 128 cm³/mol. The molecule has 1 aromatic carbocycles. The van der Waals surface area contributed by atoms with Gasteiger partial charge in [-0.15, -0.1) is 0 Å². The van der Waals surface area contributed by atoms with Gasteiger partial charge in [-0.3, -0.25) is 19.6 Å². The van der Waals surface area contributed by atoms with E-state index in [9.17, 15) is 22.8 Å². The first kappa shape index (κ1) is 26.3. The monoisotopic (exact) mass is 502 g/mol. The minimum Gasteiger partial charge on any atom is -0.497 e. The van der Waals surface area contributed by atoms with Gasteiger partial charge in [-0.1, -0.05) is 6.58 Å². The van der Waals surface area contributed by atoms with Crippen LogP contribution in [-0.2, 0) is 22.3 Å². The van der Waals surface area contributed by atoms with Crippen LogP contribution in [-0.4, -0.2) is 35.7 Å². The van der Waals surface area contributed by atoms with Gasteiger partial charge >= 0.3 is 6.18 Å². The van der Waals surface area contributed by atoms with E-state index in [0.29, 0.717) is 24.2 Å². The van der Waals surface area contributed by atoms with Gasteiger partial charge in [0.1, 0.15) is 11.3 Å². The molecule has 2 aromatic rings. The molecule has 12 heteroatoms. The molecule has 1 aliphatic carbocycles. The predicted octanol–water partition coefficient (Wildman–Crippen LogP) is 3.17. The highest BCUT2D eigenvalue weighted by atomic mass is 19.4. The van der Waals surface area contributed by atoms with Crippen molar-refractivity contribution in [3.8, 4) is 5.75 Å². The Morgan fingerprint density at radius 3 is 2.58 bits per heavy atom. The van der Waals surface area contributed by atoms with Gasteiger partial charge in [-0.25, -0.2) is 0 Å². The van der Waals surface area contributed by atoms with Crippen LogP contribution >= 0.6 is 0 Å². The lowest BCUT2D eigenvalue weighted by atomic mass is 10.1. The first-order valence-electron chi connectivity index (χ1n) is 10.8. The molecule has 36 heavy (non-hydrogen) atoms. The fourth-order valence-corrected chi connectivity index (χ4v) is 3.23. The maximum absolute atomic E-state index is 13.4. The number of nitrogens with two attached hydrogens (primary N) is 1. The molecule has 0 saturated heterocycles. The normalized spacial score (nSPS) is 14.7. The zero-order valence-corrected chi connectivity index (χ0v) is 19.4. The number of anilines is 2. The minimum absolute atomic E-state index is 0.0601. The second-order valence-electron chi connectivity index (χ2n) is 7.87. The van der Waals surface area contributed by atoms with Crippen molar-refractivity contribution in [3.05, 3.63) is 72.3 Å². The van der Waals surface area contributed by atoms with Crippen LogP contribution in [0.5, 0.6) is 5.75 Å². The van der Waals surface area contributed by atoms with E-state index in [0.717, 1.165) is 12.3 Å². The van der Waals surface area contributed by atoms with Gasteiger partial charge in [0.15, 0.2) is 0 Å². The van der Waals surface area contributed by atoms with Gasteiger partial charge in [0.25, 0.3) is 5.91 Å². The third kappa shape index (κ3) is 6.40. The van der Waals surface area contributed by atoms with Gasteiger partial charge in [-0.05, 0) is 43.2 Å². The van der Waals surface area contributed by atoms with Crippen molar-refractivity contribution in [1.29, 1.82) is 0 Å². The van der Waals surface area contributed by atoms with Crippen molar-refractivity contribution in [3.63, 3.8) is 0 Å². The average molecular weight is 502 g/mol. The number of amides is 2. The van der Waals surface area contributed by atoms with Crippen molar-refractivity contribution >= 4 is 29.4 Å². The number of halogens is 3. The minimum atomic E-state index is -4.58. The maximum Gasteiger partial charge on any atom is 0.418 e. The molecule has 1 aromatic heterocycles. The number of rotatable bonds is 10. The highest BCUT2D eigenvalue weighted by Gasteiger charge is 2.51. The lowest BCUT2D eigenvalue weighted by Gasteiger charge is -2.17. The van der Waals surface area contributed by atoms with E-state index in [1.165, 1.54) is 37.9 Å². The summed E-state index contributed by atoms with van der Waals surface area (Å²) < 4.78 is 45.1. The molecule has 0 spiro atoms. The zero-order valence-electron chi connectivity index (χ0n) is 19.4. The maximum atomic E-state index is 13.4. The third-order valence-corrected chi connectivity index (χ3v) is 5.36. The number of carbonyl (C=O) groups is 2. The summed E-state index contributed by atoms with van der Waals surface area (Å²) >= 11 is 0. The number of methoxy groups -OCH3 is 1. The molecular formula is C24H25F3N6O3. The van der Waals surface area contributed by atoms with Crippen molar-refractivity contribution in [1.82, 2.24) is 15.6 Å². The Morgan fingerprint density at radius 1 is 1.28 bits per heavy atom. The van der Waals surface area contributed by atoms with Crippen LogP contribution < -0.4 is 26.4 Å². The molecule has 0 unspecified atom stereocenters. The van der Waals surface area contributed by atoms with E-state index in [4.69, 9.17) is 10.5 Å². The highest BCUT2D eigenvalue weighted by molar-refractivity contribution is 6.13. The number of benzene rings is 1. The van der Waals surface area contributed by atoms with Crippen LogP contribution in [0.15, 0.2) is 66.1 Å². The highest BCUT2D eigenvalue weighted by Crippen LogP contribution is 2.38. The SMILES string of the molecule is C=C/N=C\C(=C/N)C(=O)NC1(C(=O)NCc2ccc(Nc3ccc(OC)cc3C(F)(F)F)cn2)CC1. The Labute approximate surface area is 205 Å². The van der Waals surface area contributed by atoms with Gasteiger partial charge in [-0.2, -0.15) is 13.2 Å².